The van der Waals surface area contributed by atoms with Crippen molar-refractivity contribution in [3.63, 3.8) is 0 Å². The number of allylic oxidation sites excluding steroid dienone is 1. The van der Waals surface area contributed by atoms with Crippen LogP contribution in [-0.4, -0.2) is 39.6 Å². The predicted molar refractivity (Wildman–Crippen MR) is 121 cm³/mol. The van der Waals surface area contributed by atoms with Gasteiger partial charge in [0.2, 0.25) is 5.91 Å². The Morgan fingerprint density at radius 2 is 1.93 bits per heavy atom. The van der Waals surface area contributed by atoms with Gasteiger partial charge in [0.05, 0.1) is 17.9 Å². The minimum absolute atomic E-state index is 0.0251. The number of amides is 1. The lowest BCUT2D eigenvalue weighted by Gasteiger charge is -2.13. The maximum absolute atomic E-state index is 12.6. The van der Waals surface area contributed by atoms with Crippen LogP contribution in [0.1, 0.15) is 12.5 Å². The molecule has 0 radical (unpaired) electrons. The molecule has 0 spiro atoms. The molecule has 156 valence electrons. The summed E-state index contributed by atoms with van der Waals surface area (Å²) in [6.45, 7) is 6.84. The van der Waals surface area contributed by atoms with Gasteiger partial charge >= 0.3 is 0 Å². The molecule has 1 N–H and O–H groups in total. The van der Waals surface area contributed by atoms with Gasteiger partial charge in [-0.1, -0.05) is 60.3 Å². The molecule has 0 fully saturated rings. The van der Waals surface area contributed by atoms with Crippen molar-refractivity contribution in [2.45, 2.75) is 30.3 Å². The van der Waals surface area contributed by atoms with Crippen LogP contribution < -0.4 is 10.1 Å². The summed E-state index contributed by atoms with van der Waals surface area (Å²) in [7, 11) is 1.63. The standard InChI is InChI=1S/C23H26N4O2S/c1-4-16-27-21(19-12-8-9-13-20(19)29-3)25-26-23(27)30-17(2)22(28)24-15-14-18-10-6-5-7-11-18/h4-13,17H,1,14-16H2,2-3H3,(H,24,28)/t17-/m0/s1. The van der Waals surface area contributed by atoms with Crippen molar-refractivity contribution in [2.24, 2.45) is 0 Å². The summed E-state index contributed by atoms with van der Waals surface area (Å²) >= 11 is 1.38. The molecule has 0 aliphatic heterocycles. The van der Waals surface area contributed by atoms with E-state index in [1.54, 1.807) is 13.2 Å². The first-order valence-electron chi connectivity index (χ1n) is 9.79. The number of rotatable bonds is 10. The van der Waals surface area contributed by atoms with E-state index in [2.05, 4.69) is 34.2 Å². The van der Waals surface area contributed by atoms with Gasteiger partial charge in [0.25, 0.3) is 0 Å². The van der Waals surface area contributed by atoms with Crippen LogP contribution in [-0.2, 0) is 17.8 Å². The smallest absolute Gasteiger partial charge is 0.233 e. The maximum Gasteiger partial charge on any atom is 0.233 e. The van der Waals surface area contributed by atoms with Gasteiger partial charge in [-0.15, -0.1) is 16.8 Å². The minimum Gasteiger partial charge on any atom is -0.496 e. The first kappa shape index (κ1) is 21.6. The number of para-hydroxylation sites is 1. The van der Waals surface area contributed by atoms with E-state index >= 15 is 0 Å². The SMILES string of the molecule is C=CCn1c(S[C@@H](C)C(=O)NCCc2ccccc2)nnc1-c1ccccc1OC. The van der Waals surface area contributed by atoms with Gasteiger partial charge in [-0.25, -0.2) is 0 Å². The largest absolute Gasteiger partial charge is 0.496 e. The molecule has 30 heavy (non-hydrogen) atoms. The van der Waals surface area contributed by atoms with E-state index in [0.29, 0.717) is 24.1 Å². The van der Waals surface area contributed by atoms with Crippen molar-refractivity contribution in [3.8, 4) is 17.1 Å². The summed E-state index contributed by atoms with van der Waals surface area (Å²) in [6, 6.07) is 17.8. The highest BCUT2D eigenvalue weighted by atomic mass is 32.2. The zero-order valence-corrected chi connectivity index (χ0v) is 18.1. The molecular weight excluding hydrogens is 396 g/mol. The minimum atomic E-state index is -0.306. The van der Waals surface area contributed by atoms with E-state index in [1.807, 2.05) is 54.0 Å². The lowest BCUT2D eigenvalue weighted by atomic mass is 10.1. The van der Waals surface area contributed by atoms with Crippen molar-refractivity contribution in [1.82, 2.24) is 20.1 Å². The molecule has 1 atom stereocenters. The van der Waals surface area contributed by atoms with E-state index in [0.717, 1.165) is 17.7 Å². The summed E-state index contributed by atoms with van der Waals surface area (Å²) < 4.78 is 7.41. The highest BCUT2D eigenvalue weighted by Gasteiger charge is 2.21. The summed E-state index contributed by atoms with van der Waals surface area (Å²) in [4.78, 5) is 12.6. The van der Waals surface area contributed by atoms with Crippen LogP contribution in [0.5, 0.6) is 5.75 Å². The Labute approximate surface area is 181 Å². The number of benzene rings is 2. The Morgan fingerprint density at radius 3 is 2.67 bits per heavy atom. The number of methoxy groups -OCH3 is 1. The van der Waals surface area contributed by atoms with Crippen LogP contribution in [0, 0.1) is 0 Å². The van der Waals surface area contributed by atoms with Gasteiger partial charge in [0, 0.05) is 13.1 Å². The molecular formula is C23H26N4O2S. The third-order valence-corrected chi connectivity index (χ3v) is 5.66. The van der Waals surface area contributed by atoms with Gasteiger partial charge in [-0.2, -0.15) is 0 Å². The van der Waals surface area contributed by atoms with Crippen LogP contribution in [0.4, 0.5) is 0 Å². The van der Waals surface area contributed by atoms with E-state index in [-0.39, 0.29) is 11.2 Å². The van der Waals surface area contributed by atoms with Crippen molar-refractivity contribution in [1.29, 1.82) is 0 Å². The van der Waals surface area contributed by atoms with Crippen LogP contribution in [0.3, 0.4) is 0 Å². The average molecular weight is 423 g/mol. The van der Waals surface area contributed by atoms with E-state index in [4.69, 9.17) is 4.74 Å². The maximum atomic E-state index is 12.6. The number of hydrogen-bond acceptors (Lipinski definition) is 5. The molecule has 1 heterocycles. The molecule has 0 unspecified atom stereocenters. The molecule has 3 aromatic rings. The Kier molecular flexibility index (Phi) is 7.68. The van der Waals surface area contributed by atoms with Gasteiger partial charge < -0.3 is 10.1 Å². The van der Waals surface area contributed by atoms with Crippen molar-refractivity contribution in [2.75, 3.05) is 13.7 Å². The first-order chi connectivity index (χ1) is 14.6. The molecule has 0 aliphatic rings. The molecule has 7 heteroatoms. The number of nitrogens with zero attached hydrogens (tertiary/aromatic N) is 3. The van der Waals surface area contributed by atoms with E-state index in [9.17, 15) is 4.79 Å². The molecule has 2 aromatic carbocycles. The zero-order chi connectivity index (χ0) is 21.3. The van der Waals surface area contributed by atoms with E-state index < -0.39 is 0 Å². The first-order valence-corrected chi connectivity index (χ1v) is 10.7. The Morgan fingerprint density at radius 1 is 1.20 bits per heavy atom. The fourth-order valence-corrected chi connectivity index (χ4v) is 3.91. The lowest BCUT2D eigenvalue weighted by molar-refractivity contribution is -0.120. The highest BCUT2D eigenvalue weighted by Crippen LogP contribution is 2.32. The third kappa shape index (κ3) is 5.30. The molecule has 1 amide bonds. The Hall–Kier alpha value is -3.06. The quantitative estimate of drug-likeness (QED) is 0.395. The van der Waals surface area contributed by atoms with Crippen molar-refractivity contribution >= 4 is 17.7 Å². The molecule has 0 aliphatic carbocycles. The summed E-state index contributed by atoms with van der Waals surface area (Å²) in [5.74, 6) is 1.38. The molecule has 3 rings (SSSR count). The molecule has 1 aromatic heterocycles. The summed E-state index contributed by atoms with van der Waals surface area (Å²) in [6.07, 6.45) is 2.59. The van der Waals surface area contributed by atoms with Gasteiger partial charge in [-0.3, -0.25) is 9.36 Å². The van der Waals surface area contributed by atoms with Gasteiger partial charge in [-0.05, 0) is 31.0 Å². The van der Waals surface area contributed by atoms with Crippen LogP contribution in [0.15, 0.2) is 72.4 Å². The second kappa shape index (κ2) is 10.6. The fourth-order valence-electron chi connectivity index (χ4n) is 3.03. The number of carbonyl (C=O) groups is 1. The monoisotopic (exact) mass is 422 g/mol. The number of nitrogens with one attached hydrogen (secondary N) is 1. The highest BCUT2D eigenvalue weighted by molar-refractivity contribution is 8.00. The number of carbonyl (C=O) groups excluding carboxylic acids is 1. The number of ether oxygens (including phenoxy) is 1. The van der Waals surface area contributed by atoms with Gasteiger partial charge in [0.15, 0.2) is 11.0 Å². The summed E-state index contributed by atoms with van der Waals surface area (Å²) in [5.41, 5.74) is 2.05. The van der Waals surface area contributed by atoms with Crippen molar-refractivity contribution in [3.05, 3.63) is 72.8 Å². The predicted octanol–water partition coefficient (Wildman–Crippen LogP) is 3.98. The van der Waals surface area contributed by atoms with Gasteiger partial charge in [0.1, 0.15) is 5.75 Å². The zero-order valence-electron chi connectivity index (χ0n) is 17.2. The van der Waals surface area contributed by atoms with Crippen LogP contribution in [0.25, 0.3) is 11.4 Å². The second-order valence-corrected chi connectivity index (χ2v) is 8.00. The Bertz CT molecular complexity index is 988. The second-order valence-electron chi connectivity index (χ2n) is 6.69. The number of hydrogen-bond donors (Lipinski definition) is 1. The molecule has 0 bridgehead atoms. The molecule has 0 saturated carbocycles. The lowest BCUT2D eigenvalue weighted by Crippen LogP contribution is -2.32. The van der Waals surface area contributed by atoms with Crippen LogP contribution in [0.2, 0.25) is 0 Å². The number of aromatic nitrogens is 3. The van der Waals surface area contributed by atoms with Crippen molar-refractivity contribution < 1.29 is 9.53 Å². The Balaban J connectivity index is 1.68. The van der Waals surface area contributed by atoms with E-state index in [1.165, 1.54) is 17.3 Å². The number of thioether (sulfide) groups is 1. The normalized spacial score (nSPS) is 11.7. The average Bonchev–Trinajstić information content (AvgIpc) is 3.16. The van der Waals surface area contributed by atoms with Crippen LogP contribution >= 0.6 is 11.8 Å². The summed E-state index contributed by atoms with van der Waals surface area (Å²) in [5, 5.41) is 12.1. The third-order valence-electron chi connectivity index (χ3n) is 4.58. The topological polar surface area (TPSA) is 69.0 Å². The molecule has 0 saturated heterocycles. The fraction of sp³-hybridized carbons (Fsp3) is 0.261. The molecule has 6 nitrogen and oxygen atoms in total.